The maximum atomic E-state index is 3.95. The Balaban J connectivity index is 2.22. The predicted molar refractivity (Wildman–Crippen MR) is 58.9 cm³/mol. The van der Waals surface area contributed by atoms with Crippen molar-refractivity contribution in [2.75, 3.05) is 20.1 Å². The molecule has 0 saturated carbocycles. The lowest BCUT2D eigenvalue weighted by Crippen LogP contribution is -2.53. The molecule has 0 aromatic carbocycles. The van der Waals surface area contributed by atoms with Gasteiger partial charge in [-0.05, 0) is 45.1 Å². The summed E-state index contributed by atoms with van der Waals surface area (Å²) in [5.74, 6) is 0. The van der Waals surface area contributed by atoms with E-state index < -0.39 is 0 Å². The molecule has 1 rings (SSSR count). The average Bonchev–Trinajstić information content (AvgIpc) is 2.00. The van der Waals surface area contributed by atoms with E-state index in [-0.39, 0.29) is 0 Å². The minimum Gasteiger partial charge on any atom is -0.305 e. The summed E-state index contributed by atoms with van der Waals surface area (Å²) in [4.78, 5) is 2.42. The van der Waals surface area contributed by atoms with Gasteiger partial charge in [-0.1, -0.05) is 12.5 Å². The van der Waals surface area contributed by atoms with E-state index in [4.69, 9.17) is 0 Å². The van der Waals surface area contributed by atoms with E-state index in [1.807, 2.05) is 0 Å². The van der Waals surface area contributed by atoms with Crippen molar-refractivity contribution in [1.82, 2.24) is 4.90 Å². The summed E-state index contributed by atoms with van der Waals surface area (Å²) in [7, 11) is 2.21. The zero-order valence-electron chi connectivity index (χ0n) is 9.40. The molecule has 76 valence electrons. The van der Waals surface area contributed by atoms with Crippen molar-refractivity contribution < 1.29 is 0 Å². The largest absolute Gasteiger partial charge is 0.305 e. The van der Waals surface area contributed by atoms with Crippen LogP contribution in [0.15, 0.2) is 12.2 Å². The summed E-state index contributed by atoms with van der Waals surface area (Å²) in [5.41, 5.74) is 1.99. The van der Waals surface area contributed by atoms with Crippen molar-refractivity contribution in [2.24, 2.45) is 5.41 Å². The van der Waals surface area contributed by atoms with Gasteiger partial charge in [-0.3, -0.25) is 0 Å². The van der Waals surface area contributed by atoms with Crippen LogP contribution in [0.5, 0.6) is 0 Å². The van der Waals surface area contributed by atoms with Crippen LogP contribution in [0.25, 0.3) is 0 Å². The van der Waals surface area contributed by atoms with Crippen LogP contribution in [0.4, 0.5) is 0 Å². The second-order valence-electron chi connectivity index (χ2n) is 4.84. The Kier molecular flexibility index (Phi) is 3.55. The fourth-order valence-corrected chi connectivity index (χ4v) is 2.42. The van der Waals surface area contributed by atoms with Crippen LogP contribution in [0.3, 0.4) is 0 Å². The molecule has 1 fully saturated rings. The zero-order valence-corrected chi connectivity index (χ0v) is 9.40. The Morgan fingerprint density at radius 2 is 2.08 bits per heavy atom. The van der Waals surface area contributed by atoms with Crippen molar-refractivity contribution in [3.05, 3.63) is 12.2 Å². The van der Waals surface area contributed by atoms with E-state index in [0.717, 1.165) is 0 Å². The molecule has 0 unspecified atom stereocenters. The van der Waals surface area contributed by atoms with Crippen molar-refractivity contribution in [3.8, 4) is 0 Å². The molecule has 0 bridgehead atoms. The molecule has 0 atom stereocenters. The molecule has 1 heterocycles. The number of allylic oxidation sites excluding steroid dienone is 1. The Hall–Kier alpha value is -0.300. The minimum absolute atomic E-state index is 0.657. The lowest BCUT2D eigenvalue weighted by Gasteiger charge is -2.48. The summed E-state index contributed by atoms with van der Waals surface area (Å²) >= 11 is 0. The molecule has 1 aliphatic rings. The van der Waals surface area contributed by atoms with Gasteiger partial charge in [0.2, 0.25) is 0 Å². The first-order chi connectivity index (χ1) is 6.08. The van der Waals surface area contributed by atoms with Gasteiger partial charge in [0, 0.05) is 13.1 Å². The highest BCUT2D eigenvalue weighted by Crippen LogP contribution is 2.37. The van der Waals surface area contributed by atoms with Crippen LogP contribution in [-0.2, 0) is 0 Å². The molecule has 1 heteroatoms. The molecule has 0 radical (unpaired) electrons. The number of hydrogen-bond donors (Lipinski definition) is 0. The average molecular weight is 181 g/mol. The van der Waals surface area contributed by atoms with Gasteiger partial charge in [-0.25, -0.2) is 0 Å². The molecule has 1 aliphatic heterocycles. The monoisotopic (exact) mass is 181 g/mol. The smallest absolute Gasteiger partial charge is 0.00473 e. The van der Waals surface area contributed by atoms with E-state index >= 15 is 0 Å². The maximum absolute atomic E-state index is 3.95. The number of likely N-dealkylation sites (tertiary alicyclic amines) is 1. The molecule has 0 aliphatic carbocycles. The molecule has 1 nitrogen and oxygen atoms in total. The van der Waals surface area contributed by atoms with Crippen molar-refractivity contribution in [1.29, 1.82) is 0 Å². The molecule has 0 spiro atoms. The lowest BCUT2D eigenvalue weighted by atomic mass is 9.73. The second kappa shape index (κ2) is 4.28. The highest BCUT2D eigenvalue weighted by atomic mass is 15.2. The summed E-state index contributed by atoms with van der Waals surface area (Å²) in [6, 6.07) is 0. The van der Waals surface area contributed by atoms with E-state index in [9.17, 15) is 0 Å². The van der Waals surface area contributed by atoms with Crippen LogP contribution >= 0.6 is 0 Å². The third-order valence-electron chi connectivity index (χ3n) is 3.27. The van der Waals surface area contributed by atoms with Crippen molar-refractivity contribution >= 4 is 0 Å². The summed E-state index contributed by atoms with van der Waals surface area (Å²) in [5, 5.41) is 0. The van der Waals surface area contributed by atoms with Crippen LogP contribution in [0, 0.1) is 5.41 Å². The molecular weight excluding hydrogens is 158 g/mol. The highest BCUT2D eigenvalue weighted by molar-refractivity contribution is 4.94. The van der Waals surface area contributed by atoms with E-state index in [2.05, 4.69) is 32.4 Å². The van der Waals surface area contributed by atoms with Crippen LogP contribution in [-0.4, -0.2) is 25.0 Å². The Labute approximate surface area is 82.8 Å². The first-order valence-electron chi connectivity index (χ1n) is 5.41. The van der Waals surface area contributed by atoms with Crippen LogP contribution < -0.4 is 0 Å². The van der Waals surface area contributed by atoms with Gasteiger partial charge in [0.15, 0.2) is 0 Å². The van der Waals surface area contributed by atoms with Crippen LogP contribution in [0.2, 0.25) is 0 Å². The molecule has 0 amide bonds. The maximum Gasteiger partial charge on any atom is 0.00473 e. The first-order valence-corrected chi connectivity index (χ1v) is 5.41. The molecular formula is C12H23N. The van der Waals surface area contributed by atoms with E-state index in [0.29, 0.717) is 5.41 Å². The Morgan fingerprint density at radius 3 is 2.46 bits per heavy atom. The quantitative estimate of drug-likeness (QED) is 0.589. The molecule has 13 heavy (non-hydrogen) atoms. The van der Waals surface area contributed by atoms with Gasteiger partial charge in [-0.2, -0.15) is 0 Å². The first kappa shape index (κ1) is 10.8. The number of nitrogens with zero attached hydrogens (tertiary/aromatic N) is 1. The number of hydrogen-bond acceptors (Lipinski definition) is 1. The molecule has 0 N–H and O–H groups in total. The minimum atomic E-state index is 0.657. The fraction of sp³-hybridized carbons (Fsp3) is 0.833. The summed E-state index contributed by atoms with van der Waals surface area (Å²) in [6.07, 6.45) is 5.27. The van der Waals surface area contributed by atoms with Gasteiger partial charge < -0.3 is 4.90 Å². The fourth-order valence-electron chi connectivity index (χ4n) is 2.42. The van der Waals surface area contributed by atoms with Crippen molar-refractivity contribution in [2.45, 2.75) is 39.5 Å². The molecule has 0 aromatic heterocycles. The SMILES string of the molecule is C=C(C)CCCC1(CC)CN(C)C1. The third-order valence-corrected chi connectivity index (χ3v) is 3.27. The van der Waals surface area contributed by atoms with Gasteiger partial charge in [0.25, 0.3) is 0 Å². The van der Waals surface area contributed by atoms with Gasteiger partial charge in [0.05, 0.1) is 0 Å². The zero-order chi connectivity index (χ0) is 9.90. The second-order valence-corrected chi connectivity index (χ2v) is 4.84. The highest BCUT2D eigenvalue weighted by Gasteiger charge is 2.38. The van der Waals surface area contributed by atoms with Gasteiger partial charge in [-0.15, -0.1) is 6.58 Å². The molecule has 1 saturated heterocycles. The predicted octanol–water partition coefficient (Wildman–Crippen LogP) is 3.07. The third kappa shape index (κ3) is 2.84. The Morgan fingerprint density at radius 1 is 1.46 bits per heavy atom. The standard InChI is InChI=1S/C12H23N/c1-5-12(9-13(4)10-12)8-6-7-11(2)3/h2,5-10H2,1,3-4H3. The van der Waals surface area contributed by atoms with Gasteiger partial charge >= 0.3 is 0 Å². The topological polar surface area (TPSA) is 3.24 Å². The Bertz CT molecular complexity index is 178. The normalized spacial score (nSPS) is 21.2. The molecule has 0 aromatic rings. The summed E-state index contributed by atoms with van der Waals surface area (Å²) < 4.78 is 0. The van der Waals surface area contributed by atoms with Gasteiger partial charge in [0.1, 0.15) is 0 Å². The van der Waals surface area contributed by atoms with E-state index in [1.54, 1.807) is 0 Å². The lowest BCUT2D eigenvalue weighted by molar-refractivity contribution is 0.00954. The van der Waals surface area contributed by atoms with Crippen molar-refractivity contribution in [3.63, 3.8) is 0 Å². The number of rotatable bonds is 5. The summed E-state index contributed by atoms with van der Waals surface area (Å²) in [6.45, 7) is 11.0. The van der Waals surface area contributed by atoms with E-state index in [1.165, 1.54) is 44.3 Å². The van der Waals surface area contributed by atoms with Crippen LogP contribution in [0.1, 0.15) is 39.5 Å².